The number of rotatable bonds is 3. The molecule has 0 unspecified atom stereocenters. The highest BCUT2D eigenvalue weighted by atomic mass is 79.9. The van der Waals surface area contributed by atoms with Crippen LogP contribution in [0.3, 0.4) is 0 Å². The number of aromatic nitrogens is 3. The van der Waals surface area contributed by atoms with Gasteiger partial charge in [0.25, 0.3) is 0 Å². The van der Waals surface area contributed by atoms with Crippen LogP contribution in [0.4, 0.5) is 0 Å². The first-order valence-electron chi connectivity index (χ1n) is 5.93. The van der Waals surface area contributed by atoms with E-state index in [1.165, 1.54) is 6.07 Å². The Morgan fingerprint density at radius 3 is 2.62 bits per heavy atom. The van der Waals surface area contributed by atoms with Gasteiger partial charge in [-0.15, -0.1) is 5.10 Å². The fourth-order valence-corrected chi connectivity index (χ4v) is 2.10. The standard InChI is InChI=1S/C14H8BrN3O3/c15-8-5-6-9(13(19)20)12(7-8)21-14-16-10-3-1-2-4-11(10)17-18-14/h1-7H,(H,19,20). The van der Waals surface area contributed by atoms with Crippen LogP contribution in [0.15, 0.2) is 46.9 Å². The number of carbonyl (C=O) groups is 1. The molecule has 0 spiro atoms. The predicted molar refractivity (Wildman–Crippen MR) is 78.5 cm³/mol. The number of carboxylic acid groups (broad SMARTS) is 1. The number of hydrogen-bond acceptors (Lipinski definition) is 5. The van der Waals surface area contributed by atoms with Crippen LogP contribution < -0.4 is 4.74 Å². The molecule has 0 bridgehead atoms. The van der Waals surface area contributed by atoms with E-state index in [-0.39, 0.29) is 17.3 Å². The lowest BCUT2D eigenvalue weighted by atomic mass is 10.2. The SMILES string of the molecule is O=C(O)c1ccc(Br)cc1Oc1nnc2ccccc2n1. The second-order valence-electron chi connectivity index (χ2n) is 4.13. The normalized spacial score (nSPS) is 10.5. The molecule has 0 aliphatic rings. The second kappa shape index (κ2) is 5.45. The Labute approximate surface area is 127 Å². The minimum atomic E-state index is -1.09. The maximum absolute atomic E-state index is 11.2. The van der Waals surface area contributed by atoms with Crippen LogP contribution in [0.25, 0.3) is 11.0 Å². The van der Waals surface area contributed by atoms with Crippen molar-refractivity contribution in [3.05, 3.63) is 52.5 Å². The summed E-state index contributed by atoms with van der Waals surface area (Å²) in [4.78, 5) is 15.4. The summed E-state index contributed by atoms with van der Waals surface area (Å²) in [5.41, 5.74) is 1.28. The van der Waals surface area contributed by atoms with Crippen LogP contribution in [-0.4, -0.2) is 26.3 Å². The molecule has 104 valence electrons. The molecule has 1 aromatic heterocycles. The largest absolute Gasteiger partial charge is 0.478 e. The van der Waals surface area contributed by atoms with E-state index >= 15 is 0 Å². The van der Waals surface area contributed by atoms with Crippen molar-refractivity contribution in [2.75, 3.05) is 0 Å². The van der Waals surface area contributed by atoms with Gasteiger partial charge in [-0.25, -0.2) is 4.79 Å². The van der Waals surface area contributed by atoms with Crippen LogP contribution >= 0.6 is 15.9 Å². The third-order valence-electron chi connectivity index (χ3n) is 2.72. The van der Waals surface area contributed by atoms with Crippen molar-refractivity contribution in [2.45, 2.75) is 0 Å². The van der Waals surface area contributed by atoms with Gasteiger partial charge in [-0.3, -0.25) is 0 Å². The summed E-state index contributed by atoms with van der Waals surface area (Å²) in [7, 11) is 0. The average molecular weight is 346 g/mol. The topological polar surface area (TPSA) is 85.2 Å². The number of aromatic carboxylic acids is 1. The van der Waals surface area contributed by atoms with Gasteiger partial charge < -0.3 is 9.84 Å². The van der Waals surface area contributed by atoms with Crippen LogP contribution in [0.5, 0.6) is 11.8 Å². The molecular formula is C14H8BrN3O3. The van der Waals surface area contributed by atoms with E-state index in [2.05, 4.69) is 31.1 Å². The Morgan fingerprint density at radius 2 is 1.86 bits per heavy atom. The number of para-hydroxylation sites is 1. The van der Waals surface area contributed by atoms with Gasteiger partial charge in [0.2, 0.25) is 0 Å². The fraction of sp³-hybridized carbons (Fsp3) is 0. The summed E-state index contributed by atoms with van der Waals surface area (Å²) in [6.07, 6.45) is 0. The van der Waals surface area contributed by atoms with Crippen LogP contribution in [-0.2, 0) is 0 Å². The molecule has 2 aromatic carbocycles. The molecule has 0 fully saturated rings. The third-order valence-corrected chi connectivity index (χ3v) is 3.21. The van der Waals surface area contributed by atoms with Crippen molar-refractivity contribution in [3.63, 3.8) is 0 Å². The Balaban J connectivity index is 2.02. The van der Waals surface area contributed by atoms with E-state index in [0.717, 1.165) is 0 Å². The molecule has 0 radical (unpaired) electrons. The lowest BCUT2D eigenvalue weighted by molar-refractivity contribution is 0.0694. The summed E-state index contributed by atoms with van der Waals surface area (Å²) in [5.74, 6) is -0.944. The first-order chi connectivity index (χ1) is 10.1. The van der Waals surface area contributed by atoms with Crippen molar-refractivity contribution in [1.29, 1.82) is 0 Å². The van der Waals surface area contributed by atoms with Gasteiger partial charge in [0.05, 0.1) is 5.52 Å². The summed E-state index contributed by atoms with van der Waals surface area (Å²) in [6, 6.07) is 11.8. The molecule has 3 aromatic rings. The monoisotopic (exact) mass is 345 g/mol. The molecule has 0 saturated carbocycles. The second-order valence-corrected chi connectivity index (χ2v) is 5.05. The Hall–Kier alpha value is -2.54. The molecule has 7 heteroatoms. The summed E-state index contributed by atoms with van der Waals surface area (Å²) >= 11 is 3.27. The Morgan fingerprint density at radius 1 is 1.10 bits per heavy atom. The predicted octanol–water partition coefficient (Wildman–Crippen LogP) is 3.28. The van der Waals surface area contributed by atoms with Crippen LogP contribution in [0.2, 0.25) is 0 Å². The van der Waals surface area contributed by atoms with E-state index in [1.807, 2.05) is 12.1 Å². The first-order valence-corrected chi connectivity index (χ1v) is 6.73. The number of carboxylic acids is 1. The first kappa shape index (κ1) is 13.4. The summed E-state index contributed by atoms with van der Waals surface area (Å²) < 4.78 is 6.16. The number of nitrogens with zero attached hydrogens (tertiary/aromatic N) is 3. The highest BCUT2D eigenvalue weighted by Gasteiger charge is 2.14. The zero-order valence-corrected chi connectivity index (χ0v) is 12.1. The van der Waals surface area contributed by atoms with Gasteiger partial charge in [-0.2, -0.15) is 4.98 Å². The quantitative estimate of drug-likeness (QED) is 0.783. The third kappa shape index (κ3) is 2.82. The lowest BCUT2D eigenvalue weighted by Crippen LogP contribution is -2.02. The molecule has 21 heavy (non-hydrogen) atoms. The van der Waals surface area contributed by atoms with E-state index in [1.54, 1.807) is 24.3 Å². The number of benzene rings is 2. The maximum atomic E-state index is 11.2. The molecule has 1 N–H and O–H groups in total. The molecule has 6 nitrogen and oxygen atoms in total. The lowest BCUT2D eigenvalue weighted by Gasteiger charge is -2.07. The molecule has 0 atom stereocenters. The fourth-order valence-electron chi connectivity index (χ4n) is 1.76. The Bertz CT molecular complexity index is 839. The molecular weight excluding hydrogens is 338 g/mol. The van der Waals surface area contributed by atoms with Crippen molar-refractivity contribution >= 4 is 32.9 Å². The van der Waals surface area contributed by atoms with Crippen molar-refractivity contribution in [1.82, 2.24) is 15.2 Å². The molecule has 0 saturated heterocycles. The van der Waals surface area contributed by atoms with Crippen molar-refractivity contribution in [3.8, 4) is 11.8 Å². The Kier molecular flexibility index (Phi) is 3.49. The maximum Gasteiger partial charge on any atom is 0.341 e. The summed E-state index contributed by atoms with van der Waals surface area (Å²) in [5, 5.41) is 17.0. The number of hydrogen-bond donors (Lipinski definition) is 1. The molecule has 0 amide bonds. The highest BCUT2D eigenvalue weighted by molar-refractivity contribution is 9.10. The van der Waals surface area contributed by atoms with Gasteiger partial charge in [-0.05, 0) is 30.3 Å². The van der Waals surface area contributed by atoms with Gasteiger partial charge >= 0.3 is 12.0 Å². The molecule has 1 heterocycles. The van der Waals surface area contributed by atoms with Crippen LogP contribution in [0, 0.1) is 0 Å². The van der Waals surface area contributed by atoms with E-state index < -0.39 is 5.97 Å². The molecule has 3 rings (SSSR count). The van der Waals surface area contributed by atoms with Crippen LogP contribution in [0.1, 0.15) is 10.4 Å². The zero-order valence-electron chi connectivity index (χ0n) is 10.5. The molecule has 0 aliphatic heterocycles. The minimum absolute atomic E-state index is 0.00528. The molecule has 0 aliphatic carbocycles. The average Bonchev–Trinajstić information content (AvgIpc) is 2.47. The van der Waals surface area contributed by atoms with Gasteiger partial charge in [0, 0.05) is 4.47 Å². The number of halogens is 1. The van der Waals surface area contributed by atoms with Gasteiger partial charge in [0.15, 0.2) is 0 Å². The van der Waals surface area contributed by atoms with E-state index in [4.69, 9.17) is 9.84 Å². The highest BCUT2D eigenvalue weighted by Crippen LogP contribution is 2.27. The smallest absolute Gasteiger partial charge is 0.341 e. The van der Waals surface area contributed by atoms with E-state index in [9.17, 15) is 4.79 Å². The van der Waals surface area contributed by atoms with Gasteiger partial charge in [0.1, 0.15) is 16.8 Å². The van der Waals surface area contributed by atoms with Crippen molar-refractivity contribution in [2.24, 2.45) is 0 Å². The minimum Gasteiger partial charge on any atom is -0.478 e. The van der Waals surface area contributed by atoms with Gasteiger partial charge in [-0.1, -0.05) is 33.2 Å². The van der Waals surface area contributed by atoms with E-state index in [0.29, 0.717) is 15.5 Å². The zero-order chi connectivity index (χ0) is 14.8. The van der Waals surface area contributed by atoms with Crippen molar-refractivity contribution < 1.29 is 14.6 Å². The number of ether oxygens (including phenoxy) is 1. The number of fused-ring (bicyclic) bond motifs is 1. The summed E-state index contributed by atoms with van der Waals surface area (Å²) in [6.45, 7) is 0.